The molecule has 1 aromatic heterocycles. The van der Waals surface area contributed by atoms with Gasteiger partial charge in [-0.25, -0.2) is 8.42 Å². The van der Waals surface area contributed by atoms with E-state index >= 15 is 0 Å². The van der Waals surface area contributed by atoms with Crippen LogP contribution in [0.4, 0.5) is 11.4 Å². The summed E-state index contributed by atoms with van der Waals surface area (Å²) in [5.41, 5.74) is 1.54. The highest BCUT2D eigenvalue weighted by Crippen LogP contribution is 2.30. The van der Waals surface area contributed by atoms with Gasteiger partial charge in [0.2, 0.25) is 10.0 Å². The minimum absolute atomic E-state index is 0.249. The zero-order valence-corrected chi connectivity index (χ0v) is 14.0. The smallest absolute Gasteiger partial charge is 0.229 e. The van der Waals surface area contributed by atoms with Gasteiger partial charge in [-0.15, -0.1) is 11.3 Å². The van der Waals surface area contributed by atoms with Crippen LogP contribution in [0.5, 0.6) is 0 Å². The molecule has 0 saturated heterocycles. The van der Waals surface area contributed by atoms with Crippen molar-refractivity contribution in [3.05, 3.63) is 46.7 Å². The summed E-state index contributed by atoms with van der Waals surface area (Å²) < 4.78 is 24.8. The van der Waals surface area contributed by atoms with Crippen molar-refractivity contribution < 1.29 is 8.42 Å². The van der Waals surface area contributed by atoms with Crippen LogP contribution in [0.1, 0.15) is 24.8 Å². The van der Waals surface area contributed by atoms with E-state index in [1.165, 1.54) is 4.88 Å². The Kier molecular flexibility index (Phi) is 4.90. The molecule has 1 atom stereocenters. The molecule has 0 aliphatic heterocycles. The third-order valence-corrected chi connectivity index (χ3v) is 4.59. The maximum atomic E-state index is 11.2. The first-order valence-electron chi connectivity index (χ1n) is 6.73. The lowest BCUT2D eigenvalue weighted by Gasteiger charge is -2.22. The molecule has 114 valence electrons. The summed E-state index contributed by atoms with van der Waals surface area (Å²) in [5.74, 6) is 0.456. The van der Waals surface area contributed by atoms with E-state index in [4.69, 9.17) is 0 Å². The normalized spacial score (nSPS) is 13.1. The molecule has 1 heterocycles. The van der Waals surface area contributed by atoms with Crippen LogP contribution in [0.3, 0.4) is 0 Å². The van der Waals surface area contributed by atoms with Crippen LogP contribution in [0.15, 0.2) is 41.8 Å². The molecule has 0 radical (unpaired) electrons. The molecule has 2 rings (SSSR count). The van der Waals surface area contributed by atoms with Crippen molar-refractivity contribution in [2.45, 2.75) is 19.9 Å². The third kappa shape index (κ3) is 4.75. The van der Waals surface area contributed by atoms with Crippen LogP contribution in [-0.4, -0.2) is 14.7 Å². The monoisotopic (exact) mass is 324 g/mol. The molecule has 1 unspecified atom stereocenters. The van der Waals surface area contributed by atoms with Crippen molar-refractivity contribution in [1.29, 1.82) is 0 Å². The van der Waals surface area contributed by atoms with Gasteiger partial charge in [0.1, 0.15) is 0 Å². The van der Waals surface area contributed by atoms with Crippen molar-refractivity contribution in [3.63, 3.8) is 0 Å². The zero-order valence-electron chi connectivity index (χ0n) is 12.3. The largest absolute Gasteiger partial charge is 0.377 e. The van der Waals surface area contributed by atoms with Crippen LogP contribution < -0.4 is 10.0 Å². The second-order valence-corrected chi connectivity index (χ2v) is 8.06. The SMILES string of the molecule is CC(C)C(Nc1ccc(NS(C)(=O)=O)cc1)c1cccs1. The molecule has 0 aliphatic carbocycles. The summed E-state index contributed by atoms with van der Waals surface area (Å²) in [7, 11) is -3.23. The van der Waals surface area contributed by atoms with Gasteiger partial charge in [-0.1, -0.05) is 19.9 Å². The van der Waals surface area contributed by atoms with Crippen LogP contribution in [0, 0.1) is 5.92 Å². The predicted molar refractivity (Wildman–Crippen MR) is 90.4 cm³/mol. The molecule has 0 aliphatic rings. The van der Waals surface area contributed by atoms with Crippen molar-refractivity contribution in [2.24, 2.45) is 5.92 Å². The first-order chi connectivity index (χ1) is 9.85. The molecular weight excluding hydrogens is 304 g/mol. The summed E-state index contributed by atoms with van der Waals surface area (Å²) >= 11 is 1.74. The fraction of sp³-hybridized carbons (Fsp3) is 0.333. The molecule has 0 bridgehead atoms. The Labute approximate surface area is 130 Å². The fourth-order valence-electron chi connectivity index (χ4n) is 2.06. The van der Waals surface area contributed by atoms with Gasteiger partial charge in [0.25, 0.3) is 0 Å². The van der Waals surface area contributed by atoms with E-state index in [1.54, 1.807) is 23.5 Å². The maximum absolute atomic E-state index is 11.2. The van der Waals surface area contributed by atoms with Crippen LogP contribution in [0.25, 0.3) is 0 Å². The molecule has 0 spiro atoms. The molecule has 4 nitrogen and oxygen atoms in total. The molecule has 21 heavy (non-hydrogen) atoms. The topological polar surface area (TPSA) is 58.2 Å². The maximum Gasteiger partial charge on any atom is 0.229 e. The summed E-state index contributed by atoms with van der Waals surface area (Å²) in [5, 5.41) is 5.58. The number of rotatable bonds is 6. The highest BCUT2D eigenvalue weighted by atomic mass is 32.2. The lowest BCUT2D eigenvalue weighted by Crippen LogP contribution is -2.15. The highest BCUT2D eigenvalue weighted by molar-refractivity contribution is 7.92. The first-order valence-corrected chi connectivity index (χ1v) is 9.50. The van der Waals surface area contributed by atoms with Crippen molar-refractivity contribution >= 4 is 32.7 Å². The quantitative estimate of drug-likeness (QED) is 0.846. The minimum atomic E-state index is -3.23. The lowest BCUT2D eigenvalue weighted by molar-refractivity contribution is 0.554. The van der Waals surface area contributed by atoms with Crippen molar-refractivity contribution in [3.8, 4) is 0 Å². The summed E-state index contributed by atoms with van der Waals surface area (Å²) in [6, 6.07) is 11.7. The van der Waals surface area contributed by atoms with Crippen molar-refractivity contribution in [1.82, 2.24) is 0 Å². The Morgan fingerprint density at radius 3 is 2.14 bits per heavy atom. The average molecular weight is 324 g/mol. The lowest BCUT2D eigenvalue weighted by atomic mass is 10.0. The number of benzene rings is 1. The number of hydrogen-bond donors (Lipinski definition) is 2. The molecule has 0 saturated carbocycles. The molecule has 6 heteroatoms. The second kappa shape index (κ2) is 6.49. The Balaban J connectivity index is 2.11. The standard InChI is InChI=1S/C15H20N2O2S2/c1-11(2)15(14-5-4-10-20-14)16-12-6-8-13(9-7-12)17-21(3,18)19/h4-11,15-17H,1-3H3. The highest BCUT2D eigenvalue weighted by Gasteiger charge is 2.16. The number of nitrogens with one attached hydrogen (secondary N) is 2. The number of anilines is 2. The Morgan fingerprint density at radius 1 is 1.05 bits per heavy atom. The molecule has 2 aromatic rings. The van der Waals surface area contributed by atoms with Gasteiger partial charge in [0.05, 0.1) is 12.3 Å². The van der Waals surface area contributed by atoms with Gasteiger partial charge < -0.3 is 5.32 Å². The molecule has 1 aromatic carbocycles. The first kappa shape index (κ1) is 15.9. The molecular formula is C15H20N2O2S2. The summed E-state index contributed by atoms with van der Waals surface area (Å²) in [6.07, 6.45) is 1.14. The fourth-order valence-corrected chi connectivity index (χ4v) is 3.58. The third-order valence-electron chi connectivity index (χ3n) is 3.03. The van der Waals surface area contributed by atoms with Gasteiger partial charge in [-0.05, 0) is 41.6 Å². The van der Waals surface area contributed by atoms with E-state index in [9.17, 15) is 8.42 Å². The van der Waals surface area contributed by atoms with Crippen molar-refractivity contribution in [2.75, 3.05) is 16.3 Å². The number of hydrogen-bond acceptors (Lipinski definition) is 4. The summed E-state index contributed by atoms with van der Waals surface area (Å²) in [6.45, 7) is 4.36. The molecule has 0 fully saturated rings. The van der Waals surface area contributed by atoms with Gasteiger partial charge >= 0.3 is 0 Å². The van der Waals surface area contributed by atoms with E-state index in [0.29, 0.717) is 11.6 Å². The number of thiophene rings is 1. The van der Waals surface area contributed by atoms with Crippen LogP contribution in [0.2, 0.25) is 0 Å². The second-order valence-electron chi connectivity index (χ2n) is 5.33. The van der Waals surface area contributed by atoms with E-state index in [-0.39, 0.29) is 6.04 Å². The van der Waals surface area contributed by atoms with Gasteiger partial charge in [0, 0.05) is 16.3 Å². The number of sulfonamides is 1. The van der Waals surface area contributed by atoms with Gasteiger partial charge in [-0.2, -0.15) is 0 Å². The Hall–Kier alpha value is -1.53. The van der Waals surface area contributed by atoms with E-state index < -0.39 is 10.0 Å². The van der Waals surface area contributed by atoms with Gasteiger partial charge in [-0.3, -0.25) is 4.72 Å². The minimum Gasteiger partial charge on any atom is -0.377 e. The van der Waals surface area contributed by atoms with E-state index in [1.807, 2.05) is 12.1 Å². The Morgan fingerprint density at radius 2 is 1.67 bits per heavy atom. The van der Waals surface area contributed by atoms with Crippen LogP contribution >= 0.6 is 11.3 Å². The predicted octanol–water partition coefficient (Wildman–Crippen LogP) is 3.93. The zero-order chi connectivity index (χ0) is 15.5. The average Bonchev–Trinajstić information content (AvgIpc) is 2.89. The van der Waals surface area contributed by atoms with Crippen LogP contribution in [-0.2, 0) is 10.0 Å². The van der Waals surface area contributed by atoms with E-state index in [2.05, 4.69) is 41.4 Å². The Bertz CT molecular complexity index is 662. The van der Waals surface area contributed by atoms with Gasteiger partial charge in [0.15, 0.2) is 0 Å². The molecule has 0 amide bonds. The van der Waals surface area contributed by atoms with E-state index in [0.717, 1.165) is 11.9 Å². The summed E-state index contributed by atoms with van der Waals surface area (Å²) in [4.78, 5) is 1.29. The molecule has 2 N–H and O–H groups in total.